The predicted molar refractivity (Wildman–Crippen MR) is 131 cm³/mol. The van der Waals surface area contributed by atoms with Crippen LogP contribution >= 0.6 is 0 Å². The van der Waals surface area contributed by atoms with E-state index in [2.05, 4.69) is 20.6 Å². The molecule has 2 aliphatic carbocycles. The number of benzene rings is 2. The van der Waals surface area contributed by atoms with E-state index in [-0.39, 0.29) is 39.6 Å². The minimum absolute atomic E-state index is 0.0417. The number of H-pyrrole nitrogens is 1. The summed E-state index contributed by atoms with van der Waals surface area (Å²) < 4.78 is 55.7. The first-order valence-electron chi connectivity index (χ1n) is 12.2. The van der Waals surface area contributed by atoms with Crippen LogP contribution in [0.1, 0.15) is 53.3 Å². The fourth-order valence-electron chi connectivity index (χ4n) is 6.16. The Morgan fingerprint density at radius 2 is 1.79 bits per heavy atom. The second-order valence-electron chi connectivity index (χ2n) is 10.4. The number of aromatic nitrogens is 4. The quantitative estimate of drug-likeness (QED) is 0.370. The van der Waals surface area contributed by atoms with Crippen LogP contribution in [0.4, 0.5) is 17.6 Å². The average Bonchev–Trinajstić information content (AvgIpc) is 3.22. The van der Waals surface area contributed by atoms with Gasteiger partial charge in [0.1, 0.15) is 11.5 Å². The minimum atomic E-state index is -4.70. The van der Waals surface area contributed by atoms with Gasteiger partial charge < -0.3 is 5.32 Å². The molecule has 2 aliphatic rings. The van der Waals surface area contributed by atoms with Gasteiger partial charge in [-0.2, -0.15) is 23.4 Å². The molecule has 11 heteroatoms. The van der Waals surface area contributed by atoms with Gasteiger partial charge in [0.05, 0.1) is 17.3 Å². The topological polar surface area (TPSA) is 92.7 Å². The van der Waals surface area contributed by atoms with Crippen LogP contribution in [-0.2, 0) is 13.2 Å². The van der Waals surface area contributed by atoms with E-state index in [1.807, 2.05) is 18.2 Å². The molecule has 0 bridgehead atoms. The molecule has 0 atom stereocenters. The fraction of sp³-hybridized carbons (Fsp3) is 0.333. The second kappa shape index (κ2) is 8.50. The van der Waals surface area contributed by atoms with Gasteiger partial charge in [-0.05, 0) is 49.3 Å². The van der Waals surface area contributed by atoms with E-state index >= 15 is 0 Å². The molecule has 0 unspecified atom stereocenters. The Labute approximate surface area is 213 Å². The summed E-state index contributed by atoms with van der Waals surface area (Å²) in [6, 6.07) is 10.8. The number of rotatable bonds is 4. The van der Waals surface area contributed by atoms with E-state index in [1.165, 1.54) is 12.1 Å². The molecule has 6 rings (SSSR count). The highest BCUT2D eigenvalue weighted by molar-refractivity contribution is 5.95. The van der Waals surface area contributed by atoms with Gasteiger partial charge in [-0.25, -0.2) is 9.49 Å². The number of aromatic amines is 1. The molecule has 1 spiro atoms. The number of alkyl halides is 3. The number of carbonyl (C=O) groups excluding carboxylic acids is 1. The lowest BCUT2D eigenvalue weighted by molar-refractivity contribution is -0.143. The molecule has 0 saturated heterocycles. The van der Waals surface area contributed by atoms with E-state index in [9.17, 15) is 27.2 Å². The normalized spacial score (nSPS) is 22.8. The lowest BCUT2D eigenvalue weighted by Gasteiger charge is -2.57. The first-order chi connectivity index (χ1) is 18.0. The van der Waals surface area contributed by atoms with Crippen LogP contribution in [0.25, 0.3) is 21.9 Å². The lowest BCUT2D eigenvalue weighted by Crippen LogP contribution is -2.55. The maximum atomic E-state index is 14.8. The highest BCUT2D eigenvalue weighted by Crippen LogP contribution is 2.62. The third-order valence-corrected chi connectivity index (χ3v) is 7.89. The molecule has 196 valence electrons. The molecule has 1 amide bonds. The number of amides is 1. The van der Waals surface area contributed by atoms with Crippen molar-refractivity contribution in [3.05, 3.63) is 81.8 Å². The molecule has 0 aliphatic heterocycles. The third kappa shape index (κ3) is 3.97. The number of hydrogen-bond acceptors (Lipinski definition) is 4. The van der Waals surface area contributed by atoms with Crippen molar-refractivity contribution in [2.24, 2.45) is 12.5 Å². The van der Waals surface area contributed by atoms with Crippen molar-refractivity contribution >= 4 is 16.7 Å². The second-order valence-corrected chi connectivity index (χ2v) is 10.4. The average molecular weight is 526 g/mol. The van der Waals surface area contributed by atoms with Crippen LogP contribution in [0.3, 0.4) is 0 Å². The Kier molecular flexibility index (Phi) is 5.44. The van der Waals surface area contributed by atoms with Crippen molar-refractivity contribution in [2.45, 2.75) is 43.8 Å². The summed E-state index contributed by atoms with van der Waals surface area (Å²) in [5.74, 6) is -1.17. The summed E-state index contributed by atoms with van der Waals surface area (Å²) in [5.41, 5.74) is -0.891. The largest absolute Gasteiger partial charge is 0.433 e. The van der Waals surface area contributed by atoms with Crippen LogP contribution in [0.2, 0.25) is 0 Å². The number of nitrogens with zero attached hydrogens (tertiary/aromatic N) is 3. The van der Waals surface area contributed by atoms with Crippen LogP contribution in [0.15, 0.2) is 53.5 Å². The third-order valence-electron chi connectivity index (χ3n) is 7.89. The molecule has 2 N–H and O–H groups in total. The number of nitrogens with one attached hydrogen (secondary N) is 2. The molecule has 2 aromatic carbocycles. The van der Waals surface area contributed by atoms with Crippen LogP contribution < -0.4 is 10.9 Å². The molecule has 0 radical (unpaired) electrons. The summed E-state index contributed by atoms with van der Waals surface area (Å²) in [5, 5.41) is 14.9. The van der Waals surface area contributed by atoms with Crippen LogP contribution in [0.5, 0.6) is 0 Å². The van der Waals surface area contributed by atoms with Crippen molar-refractivity contribution < 1.29 is 22.4 Å². The van der Waals surface area contributed by atoms with Crippen LogP contribution in [0, 0.1) is 11.2 Å². The Morgan fingerprint density at radius 1 is 1.08 bits per heavy atom. The number of fused-ring (bicyclic) bond motifs is 1. The number of aryl methyl sites for hydroxylation is 1. The van der Waals surface area contributed by atoms with Gasteiger partial charge in [-0.3, -0.25) is 14.3 Å². The van der Waals surface area contributed by atoms with Gasteiger partial charge in [0.2, 0.25) is 0 Å². The van der Waals surface area contributed by atoms with Crippen molar-refractivity contribution in [3.63, 3.8) is 0 Å². The Hall–Kier alpha value is -4.02. The summed E-state index contributed by atoms with van der Waals surface area (Å²) in [4.78, 5) is 24.8. The smallest absolute Gasteiger partial charge is 0.349 e. The highest BCUT2D eigenvalue weighted by Gasteiger charge is 2.54. The van der Waals surface area contributed by atoms with E-state index in [0.29, 0.717) is 10.1 Å². The van der Waals surface area contributed by atoms with E-state index < -0.39 is 23.6 Å². The number of hydrogen-bond donors (Lipinski definition) is 2. The van der Waals surface area contributed by atoms with Gasteiger partial charge in [0.25, 0.3) is 11.5 Å². The molecule has 2 aromatic heterocycles. The maximum absolute atomic E-state index is 14.8. The van der Waals surface area contributed by atoms with Crippen LogP contribution in [-0.4, -0.2) is 31.9 Å². The lowest BCUT2D eigenvalue weighted by atomic mass is 9.49. The SMILES string of the molecule is Cn1ncc(-c2ccc(C(=O)NC3CC4(C3)CC(c3n[nH]c(=O)c5ccccc35)C4)cc2F)c1C(F)(F)F. The van der Waals surface area contributed by atoms with Crippen molar-refractivity contribution in [1.82, 2.24) is 25.3 Å². The first-order valence-corrected chi connectivity index (χ1v) is 12.2. The first kappa shape index (κ1) is 24.3. The van der Waals surface area contributed by atoms with Gasteiger partial charge in [-0.15, -0.1) is 0 Å². The summed E-state index contributed by atoms with van der Waals surface area (Å²) in [6.07, 6.45) is -0.378. The molecule has 7 nitrogen and oxygen atoms in total. The monoisotopic (exact) mass is 525 g/mol. The Bertz CT molecular complexity index is 1630. The zero-order valence-electron chi connectivity index (χ0n) is 20.3. The number of halogens is 4. The zero-order chi connectivity index (χ0) is 26.8. The molecule has 2 heterocycles. The molecule has 4 aromatic rings. The Morgan fingerprint density at radius 3 is 2.47 bits per heavy atom. The van der Waals surface area contributed by atoms with Gasteiger partial charge in [-0.1, -0.05) is 24.3 Å². The highest BCUT2D eigenvalue weighted by atomic mass is 19.4. The summed E-state index contributed by atoms with van der Waals surface area (Å²) >= 11 is 0. The van der Waals surface area contributed by atoms with Gasteiger partial charge in [0, 0.05) is 41.1 Å². The van der Waals surface area contributed by atoms with Crippen molar-refractivity contribution in [2.75, 3.05) is 0 Å². The maximum Gasteiger partial charge on any atom is 0.433 e. The predicted octanol–water partition coefficient (Wildman–Crippen LogP) is 4.94. The minimum Gasteiger partial charge on any atom is -0.349 e. The van der Waals surface area contributed by atoms with Gasteiger partial charge >= 0.3 is 6.18 Å². The summed E-state index contributed by atoms with van der Waals surface area (Å²) in [6.45, 7) is 0. The Balaban J connectivity index is 1.10. The zero-order valence-corrected chi connectivity index (χ0v) is 20.3. The standard InChI is InChI=1S/C27H23F4N5O2/c1-36-23(27(29,30)31)20(13-32-36)17-7-6-14(8-21(17)28)24(37)33-16-11-26(12-16)9-15(10-26)22-18-4-2-3-5-19(18)25(38)35-34-22/h2-8,13,15-16H,9-12H2,1H3,(H,33,37)(H,35,38). The molecule has 2 fully saturated rings. The van der Waals surface area contributed by atoms with Crippen molar-refractivity contribution in [1.29, 1.82) is 0 Å². The molecule has 38 heavy (non-hydrogen) atoms. The van der Waals surface area contributed by atoms with E-state index in [0.717, 1.165) is 56.1 Å². The summed E-state index contributed by atoms with van der Waals surface area (Å²) in [7, 11) is 1.14. The van der Waals surface area contributed by atoms with Gasteiger partial charge in [0.15, 0.2) is 0 Å². The molecule has 2 saturated carbocycles. The fourth-order valence-corrected chi connectivity index (χ4v) is 6.16. The van der Waals surface area contributed by atoms with E-state index in [4.69, 9.17) is 0 Å². The number of carbonyl (C=O) groups is 1. The molecular formula is C27H23F4N5O2. The van der Waals surface area contributed by atoms with E-state index in [1.54, 1.807) is 6.07 Å². The van der Waals surface area contributed by atoms with Crippen molar-refractivity contribution in [3.8, 4) is 11.1 Å². The molecular weight excluding hydrogens is 502 g/mol.